The van der Waals surface area contributed by atoms with E-state index in [4.69, 9.17) is 11.6 Å². The molecule has 120 valence electrons. The Bertz CT molecular complexity index is 730. The van der Waals surface area contributed by atoms with Crippen molar-refractivity contribution in [1.29, 1.82) is 0 Å². The van der Waals surface area contributed by atoms with Gasteiger partial charge in [-0.25, -0.2) is 0 Å². The van der Waals surface area contributed by atoms with Gasteiger partial charge < -0.3 is 10.6 Å². The second kappa shape index (κ2) is 7.79. The summed E-state index contributed by atoms with van der Waals surface area (Å²) in [4.78, 5) is 23.9. The van der Waals surface area contributed by atoms with Crippen LogP contribution in [0.2, 0.25) is 5.02 Å². The normalized spacial score (nSPS) is 10.5. The molecule has 0 aliphatic heterocycles. The molecule has 0 saturated carbocycles. The number of benzene rings is 2. The first-order valence-corrected chi connectivity index (χ1v) is 8.50. The number of carbonyl (C=O) groups is 2. The second-order valence-corrected chi connectivity index (χ2v) is 6.90. The maximum Gasteiger partial charge on any atom is 0.256 e. The van der Waals surface area contributed by atoms with E-state index >= 15 is 0 Å². The number of hydrogen-bond acceptors (Lipinski definition) is 2. The van der Waals surface area contributed by atoms with Crippen LogP contribution in [-0.4, -0.2) is 11.8 Å². The molecule has 2 rings (SSSR count). The lowest BCUT2D eigenvalue weighted by molar-refractivity contribution is -0.118. The molecule has 0 fully saturated rings. The first kappa shape index (κ1) is 17.7. The number of halogens is 2. The average Bonchev–Trinajstić information content (AvgIpc) is 2.48. The molecule has 0 spiro atoms. The number of amides is 2. The topological polar surface area (TPSA) is 58.2 Å². The highest BCUT2D eigenvalue weighted by Gasteiger charge is 2.11. The SMILES string of the molecule is CC(C)C(=O)Nc1ccc(NC(=O)c2ccc(Cl)cc2I)cc1. The fourth-order valence-electron chi connectivity index (χ4n) is 1.80. The van der Waals surface area contributed by atoms with E-state index in [0.29, 0.717) is 22.0 Å². The lowest BCUT2D eigenvalue weighted by Crippen LogP contribution is -2.17. The van der Waals surface area contributed by atoms with Crippen molar-refractivity contribution < 1.29 is 9.59 Å². The number of hydrogen-bond donors (Lipinski definition) is 2. The van der Waals surface area contributed by atoms with E-state index in [9.17, 15) is 9.59 Å². The lowest BCUT2D eigenvalue weighted by Gasteiger charge is -2.10. The highest BCUT2D eigenvalue weighted by Crippen LogP contribution is 2.20. The van der Waals surface area contributed by atoms with Gasteiger partial charge in [0.25, 0.3) is 5.91 Å². The quantitative estimate of drug-likeness (QED) is 0.669. The van der Waals surface area contributed by atoms with Crippen molar-refractivity contribution in [3.05, 3.63) is 56.6 Å². The standard InChI is InChI=1S/C17H16ClIN2O2/c1-10(2)16(22)20-12-4-6-13(7-5-12)21-17(23)14-8-3-11(18)9-15(14)19/h3-10H,1-2H3,(H,20,22)(H,21,23). The van der Waals surface area contributed by atoms with Gasteiger partial charge in [-0.15, -0.1) is 0 Å². The van der Waals surface area contributed by atoms with Gasteiger partial charge in [0.15, 0.2) is 0 Å². The van der Waals surface area contributed by atoms with Gasteiger partial charge in [-0.1, -0.05) is 25.4 Å². The predicted octanol–water partition coefficient (Wildman–Crippen LogP) is 4.79. The molecule has 0 radical (unpaired) electrons. The summed E-state index contributed by atoms with van der Waals surface area (Å²) < 4.78 is 0.786. The Morgan fingerprint density at radius 1 is 1.00 bits per heavy atom. The average molecular weight is 443 g/mol. The first-order chi connectivity index (χ1) is 10.9. The summed E-state index contributed by atoms with van der Waals surface area (Å²) in [6.45, 7) is 3.66. The van der Waals surface area contributed by atoms with E-state index in [-0.39, 0.29) is 17.7 Å². The number of anilines is 2. The minimum Gasteiger partial charge on any atom is -0.326 e. The molecule has 23 heavy (non-hydrogen) atoms. The third-order valence-corrected chi connectivity index (χ3v) is 4.24. The summed E-state index contributed by atoms with van der Waals surface area (Å²) in [6, 6.07) is 12.1. The molecule has 2 amide bonds. The monoisotopic (exact) mass is 442 g/mol. The summed E-state index contributed by atoms with van der Waals surface area (Å²) in [5.41, 5.74) is 1.92. The van der Waals surface area contributed by atoms with E-state index in [1.54, 1.807) is 42.5 Å². The Morgan fingerprint density at radius 3 is 2.09 bits per heavy atom. The van der Waals surface area contributed by atoms with Crippen LogP contribution in [-0.2, 0) is 4.79 Å². The lowest BCUT2D eigenvalue weighted by atomic mass is 10.2. The van der Waals surface area contributed by atoms with Crippen molar-refractivity contribution in [2.75, 3.05) is 10.6 Å². The second-order valence-electron chi connectivity index (χ2n) is 5.30. The zero-order valence-electron chi connectivity index (χ0n) is 12.7. The van der Waals surface area contributed by atoms with Crippen LogP contribution < -0.4 is 10.6 Å². The Kier molecular flexibility index (Phi) is 6.01. The van der Waals surface area contributed by atoms with Crippen molar-refractivity contribution in [3.8, 4) is 0 Å². The molecule has 0 aliphatic rings. The van der Waals surface area contributed by atoms with E-state index in [2.05, 4.69) is 33.2 Å². The molecular formula is C17H16ClIN2O2. The van der Waals surface area contributed by atoms with E-state index in [1.807, 2.05) is 13.8 Å². The van der Waals surface area contributed by atoms with Crippen molar-refractivity contribution in [3.63, 3.8) is 0 Å². The van der Waals surface area contributed by atoms with Crippen molar-refractivity contribution in [1.82, 2.24) is 0 Å². The summed E-state index contributed by atoms with van der Waals surface area (Å²) in [5.74, 6) is -0.330. The number of rotatable bonds is 4. The maximum atomic E-state index is 12.3. The molecule has 2 N–H and O–H groups in total. The molecule has 2 aromatic rings. The van der Waals surface area contributed by atoms with Gasteiger partial charge in [-0.2, -0.15) is 0 Å². The van der Waals surface area contributed by atoms with Gasteiger partial charge in [-0.05, 0) is 65.1 Å². The molecule has 6 heteroatoms. The summed E-state index contributed by atoms with van der Waals surface area (Å²) in [7, 11) is 0. The third-order valence-electron chi connectivity index (χ3n) is 3.11. The van der Waals surface area contributed by atoms with Crippen LogP contribution in [0, 0.1) is 9.49 Å². The van der Waals surface area contributed by atoms with Crippen molar-refractivity contribution in [2.45, 2.75) is 13.8 Å². The molecule has 0 heterocycles. The molecule has 0 saturated heterocycles. The smallest absolute Gasteiger partial charge is 0.256 e. The van der Waals surface area contributed by atoms with Crippen LogP contribution in [0.15, 0.2) is 42.5 Å². The van der Waals surface area contributed by atoms with Crippen molar-refractivity contribution in [2.24, 2.45) is 5.92 Å². The molecule has 0 unspecified atom stereocenters. The van der Waals surface area contributed by atoms with Gasteiger partial charge in [0, 0.05) is 25.9 Å². The fraction of sp³-hybridized carbons (Fsp3) is 0.176. The Labute approximate surface area is 153 Å². The van der Waals surface area contributed by atoms with E-state index in [0.717, 1.165) is 3.57 Å². The molecule has 4 nitrogen and oxygen atoms in total. The minimum absolute atomic E-state index is 0.0440. The van der Waals surface area contributed by atoms with Crippen LogP contribution >= 0.6 is 34.2 Å². The van der Waals surface area contributed by atoms with Crippen molar-refractivity contribution >= 4 is 57.4 Å². The molecule has 2 aromatic carbocycles. The number of carbonyl (C=O) groups excluding carboxylic acids is 2. The van der Waals surface area contributed by atoms with Gasteiger partial charge >= 0.3 is 0 Å². The summed E-state index contributed by atoms with van der Waals surface area (Å²) in [5, 5.41) is 6.22. The first-order valence-electron chi connectivity index (χ1n) is 7.04. The Morgan fingerprint density at radius 2 is 1.57 bits per heavy atom. The third kappa shape index (κ3) is 4.94. The molecule has 0 aromatic heterocycles. The van der Waals surface area contributed by atoms with Gasteiger partial charge in [-0.3, -0.25) is 9.59 Å². The highest BCUT2D eigenvalue weighted by molar-refractivity contribution is 14.1. The summed E-state index contributed by atoms with van der Waals surface area (Å²) >= 11 is 7.97. The molecular weight excluding hydrogens is 427 g/mol. The molecule has 0 aliphatic carbocycles. The van der Waals surface area contributed by atoms with E-state index < -0.39 is 0 Å². The minimum atomic E-state index is -0.204. The summed E-state index contributed by atoms with van der Waals surface area (Å²) in [6.07, 6.45) is 0. The van der Waals surface area contributed by atoms with Crippen LogP contribution in [0.3, 0.4) is 0 Å². The zero-order valence-corrected chi connectivity index (χ0v) is 15.6. The Hall–Kier alpha value is -1.60. The fourth-order valence-corrected chi connectivity index (χ4v) is 2.91. The molecule has 0 atom stereocenters. The predicted molar refractivity (Wildman–Crippen MR) is 102 cm³/mol. The highest BCUT2D eigenvalue weighted by atomic mass is 127. The van der Waals surface area contributed by atoms with Gasteiger partial charge in [0.05, 0.1) is 5.56 Å². The van der Waals surface area contributed by atoms with Crippen LogP contribution in [0.1, 0.15) is 24.2 Å². The van der Waals surface area contributed by atoms with Gasteiger partial charge in [0.1, 0.15) is 0 Å². The van der Waals surface area contributed by atoms with E-state index in [1.165, 1.54) is 0 Å². The van der Waals surface area contributed by atoms with Crippen LogP contribution in [0.4, 0.5) is 11.4 Å². The van der Waals surface area contributed by atoms with Crippen LogP contribution in [0.25, 0.3) is 0 Å². The molecule has 0 bridgehead atoms. The van der Waals surface area contributed by atoms with Crippen LogP contribution in [0.5, 0.6) is 0 Å². The zero-order chi connectivity index (χ0) is 17.0. The Balaban J connectivity index is 2.06. The number of nitrogens with one attached hydrogen (secondary N) is 2. The van der Waals surface area contributed by atoms with Gasteiger partial charge in [0.2, 0.25) is 5.91 Å². The largest absolute Gasteiger partial charge is 0.326 e. The maximum absolute atomic E-state index is 12.3.